The molecule has 1 aromatic carbocycles. The molecule has 0 amide bonds. The zero-order valence-electron chi connectivity index (χ0n) is 8.96. The SMILES string of the molecule is Cc1ccc(CNc2cccc(Cl)c2N)s1. The van der Waals surface area contributed by atoms with Gasteiger partial charge in [-0.15, -0.1) is 11.3 Å². The highest BCUT2D eigenvalue weighted by Crippen LogP contribution is 2.27. The summed E-state index contributed by atoms with van der Waals surface area (Å²) in [4.78, 5) is 2.60. The molecule has 0 radical (unpaired) electrons. The number of halogens is 1. The number of rotatable bonds is 3. The van der Waals surface area contributed by atoms with Crippen molar-refractivity contribution < 1.29 is 0 Å². The zero-order chi connectivity index (χ0) is 11.5. The number of nitrogens with two attached hydrogens (primary N) is 1. The number of para-hydroxylation sites is 1. The Morgan fingerprint density at radius 2 is 2.12 bits per heavy atom. The molecule has 0 fully saturated rings. The Morgan fingerprint density at radius 3 is 2.81 bits per heavy atom. The van der Waals surface area contributed by atoms with Gasteiger partial charge < -0.3 is 11.1 Å². The molecule has 0 unspecified atom stereocenters. The van der Waals surface area contributed by atoms with E-state index in [0.717, 1.165) is 12.2 Å². The van der Waals surface area contributed by atoms with Crippen LogP contribution in [0, 0.1) is 6.92 Å². The van der Waals surface area contributed by atoms with Gasteiger partial charge in [-0.05, 0) is 31.2 Å². The molecular weight excluding hydrogens is 240 g/mol. The summed E-state index contributed by atoms with van der Waals surface area (Å²) in [5.74, 6) is 0. The van der Waals surface area contributed by atoms with Gasteiger partial charge in [0, 0.05) is 16.3 Å². The number of nitrogen functional groups attached to an aromatic ring is 1. The molecule has 1 heterocycles. The lowest BCUT2D eigenvalue weighted by molar-refractivity contribution is 1.19. The first-order valence-corrected chi connectivity index (χ1v) is 6.19. The highest BCUT2D eigenvalue weighted by atomic mass is 35.5. The molecule has 0 aliphatic heterocycles. The quantitative estimate of drug-likeness (QED) is 0.813. The molecule has 0 saturated carbocycles. The number of hydrogen-bond donors (Lipinski definition) is 2. The minimum absolute atomic E-state index is 0.590. The minimum Gasteiger partial charge on any atom is -0.396 e. The first kappa shape index (κ1) is 11.3. The fourth-order valence-electron chi connectivity index (χ4n) is 1.45. The van der Waals surface area contributed by atoms with Crippen LogP contribution in [-0.2, 0) is 6.54 Å². The topological polar surface area (TPSA) is 38.0 Å². The number of nitrogens with one attached hydrogen (secondary N) is 1. The predicted octanol–water partition coefficient (Wildman–Crippen LogP) is 3.90. The second-order valence-electron chi connectivity index (χ2n) is 3.57. The molecule has 3 N–H and O–H groups in total. The molecule has 2 aromatic rings. The van der Waals surface area contributed by atoms with Crippen LogP contribution in [0.15, 0.2) is 30.3 Å². The average molecular weight is 253 g/mol. The lowest BCUT2D eigenvalue weighted by Gasteiger charge is -2.09. The average Bonchev–Trinajstić information content (AvgIpc) is 2.67. The van der Waals surface area contributed by atoms with Gasteiger partial charge in [0.05, 0.1) is 16.4 Å². The zero-order valence-corrected chi connectivity index (χ0v) is 10.5. The largest absolute Gasteiger partial charge is 0.396 e. The van der Waals surface area contributed by atoms with E-state index >= 15 is 0 Å². The van der Waals surface area contributed by atoms with Gasteiger partial charge in [-0.3, -0.25) is 0 Å². The summed E-state index contributed by atoms with van der Waals surface area (Å²) in [6.07, 6.45) is 0. The number of thiophene rings is 1. The molecule has 0 atom stereocenters. The Morgan fingerprint density at radius 1 is 1.31 bits per heavy atom. The van der Waals surface area contributed by atoms with Gasteiger partial charge in [0.15, 0.2) is 0 Å². The van der Waals surface area contributed by atoms with Crippen LogP contribution in [-0.4, -0.2) is 0 Å². The van der Waals surface area contributed by atoms with Crippen molar-refractivity contribution >= 4 is 34.3 Å². The molecule has 0 spiro atoms. The predicted molar refractivity (Wildman–Crippen MR) is 72.2 cm³/mol. The van der Waals surface area contributed by atoms with Gasteiger partial charge in [-0.2, -0.15) is 0 Å². The van der Waals surface area contributed by atoms with Crippen molar-refractivity contribution in [1.29, 1.82) is 0 Å². The van der Waals surface area contributed by atoms with Crippen molar-refractivity contribution in [3.8, 4) is 0 Å². The van der Waals surface area contributed by atoms with E-state index in [4.69, 9.17) is 17.3 Å². The van der Waals surface area contributed by atoms with Gasteiger partial charge in [-0.25, -0.2) is 0 Å². The van der Waals surface area contributed by atoms with Crippen molar-refractivity contribution in [3.63, 3.8) is 0 Å². The second kappa shape index (κ2) is 4.76. The van der Waals surface area contributed by atoms with E-state index in [1.165, 1.54) is 9.75 Å². The van der Waals surface area contributed by atoms with Crippen LogP contribution in [0.25, 0.3) is 0 Å². The summed E-state index contributed by atoms with van der Waals surface area (Å²) in [6, 6.07) is 9.84. The summed E-state index contributed by atoms with van der Waals surface area (Å²) in [6.45, 7) is 2.88. The van der Waals surface area contributed by atoms with E-state index in [1.54, 1.807) is 17.4 Å². The van der Waals surface area contributed by atoms with Gasteiger partial charge >= 0.3 is 0 Å². The number of anilines is 2. The van der Waals surface area contributed by atoms with Gasteiger partial charge in [0.2, 0.25) is 0 Å². The van der Waals surface area contributed by atoms with E-state index in [9.17, 15) is 0 Å². The Labute approximate surface area is 104 Å². The maximum atomic E-state index is 5.94. The smallest absolute Gasteiger partial charge is 0.0739 e. The van der Waals surface area contributed by atoms with Crippen molar-refractivity contribution in [1.82, 2.24) is 0 Å². The summed E-state index contributed by atoms with van der Waals surface area (Å²) in [5.41, 5.74) is 7.36. The Hall–Kier alpha value is -1.19. The number of aryl methyl sites for hydroxylation is 1. The van der Waals surface area contributed by atoms with Crippen molar-refractivity contribution in [2.45, 2.75) is 13.5 Å². The summed E-state index contributed by atoms with van der Waals surface area (Å²) >= 11 is 7.72. The number of hydrogen-bond acceptors (Lipinski definition) is 3. The third kappa shape index (κ3) is 2.49. The summed E-state index contributed by atoms with van der Waals surface area (Å²) < 4.78 is 0. The lowest BCUT2D eigenvalue weighted by atomic mass is 10.2. The second-order valence-corrected chi connectivity index (χ2v) is 5.35. The van der Waals surface area contributed by atoms with Crippen molar-refractivity contribution in [2.75, 3.05) is 11.1 Å². The molecule has 4 heteroatoms. The van der Waals surface area contributed by atoms with Crippen LogP contribution in [0.1, 0.15) is 9.75 Å². The molecule has 0 bridgehead atoms. The molecule has 0 aliphatic rings. The lowest BCUT2D eigenvalue weighted by Crippen LogP contribution is -2.01. The third-order valence-corrected chi connectivity index (χ3v) is 3.63. The molecule has 2 rings (SSSR count). The maximum absolute atomic E-state index is 5.94. The molecule has 84 valence electrons. The highest BCUT2D eigenvalue weighted by molar-refractivity contribution is 7.11. The fourth-order valence-corrected chi connectivity index (χ4v) is 2.46. The first-order chi connectivity index (χ1) is 7.66. The maximum Gasteiger partial charge on any atom is 0.0739 e. The van der Waals surface area contributed by atoms with Crippen molar-refractivity contribution in [2.24, 2.45) is 0 Å². The molecule has 0 saturated heterocycles. The van der Waals surface area contributed by atoms with Crippen LogP contribution in [0.5, 0.6) is 0 Å². The molecule has 2 nitrogen and oxygen atoms in total. The monoisotopic (exact) mass is 252 g/mol. The Kier molecular flexibility index (Phi) is 3.36. The van der Waals surface area contributed by atoms with E-state index in [0.29, 0.717) is 10.7 Å². The minimum atomic E-state index is 0.590. The Bertz CT molecular complexity index is 494. The summed E-state index contributed by atoms with van der Waals surface area (Å²) in [5, 5.41) is 3.87. The van der Waals surface area contributed by atoms with Gasteiger partial charge in [-0.1, -0.05) is 17.7 Å². The number of benzene rings is 1. The van der Waals surface area contributed by atoms with Crippen LogP contribution in [0.4, 0.5) is 11.4 Å². The van der Waals surface area contributed by atoms with Gasteiger partial charge in [0.1, 0.15) is 0 Å². The van der Waals surface area contributed by atoms with Crippen LogP contribution >= 0.6 is 22.9 Å². The van der Waals surface area contributed by atoms with Gasteiger partial charge in [0.25, 0.3) is 0 Å². The van der Waals surface area contributed by atoms with E-state index in [2.05, 4.69) is 24.4 Å². The van der Waals surface area contributed by atoms with E-state index in [-0.39, 0.29) is 0 Å². The molecule has 1 aromatic heterocycles. The summed E-state index contributed by atoms with van der Waals surface area (Å²) in [7, 11) is 0. The first-order valence-electron chi connectivity index (χ1n) is 5.00. The fraction of sp³-hybridized carbons (Fsp3) is 0.167. The highest BCUT2D eigenvalue weighted by Gasteiger charge is 2.03. The molecule has 16 heavy (non-hydrogen) atoms. The molecular formula is C12H13ClN2S. The van der Waals surface area contributed by atoms with Crippen LogP contribution in [0.2, 0.25) is 5.02 Å². The van der Waals surface area contributed by atoms with E-state index in [1.807, 2.05) is 12.1 Å². The normalized spacial score (nSPS) is 10.4. The van der Waals surface area contributed by atoms with Crippen molar-refractivity contribution in [3.05, 3.63) is 45.1 Å². The Balaban J connectivity index is 2.07. The molecule has 0 aliphatic carbocycles. The van der Waals surface area contributed by atoms with Crippen LogP contribution < -0.4 is 11.1 Å². The third-order valence-electron chi connectivity index (χ3n) is 2.30. The van der Waals surface area contributed by atoms with Crippen LogP contribution in [0.3, 0.4) is 0 Å². The standard InChI is InChI=1S/C12H13ClN2S/c1-8-5-6-9(16-8)7-15-11-4-2-3-10(13)12(11)14/h2-6,15H,7,14H2,1H3. The van der Waals surface area contributed by atoms with E-state index < -0.39 is 0 Å².